The number of carbonyl (C=O) groups is 7. The maximum absolute atomic E-state index is 14.4. The Morgan fingerprint density at radius 2 is 1.60 bits per heavy atom. The van der Waals surface area contributed by atoms with Gasteiger partial charge in [-0.05, 0) is 62.7 Å². The van der Waals surface area contributed by atoms with Crippen molar-refractivity contribution in [1.29, 1.82) is 0 Å². The number of hydrogen-bond acceptors (Lipinski definition) is 16. The molecule has 3 N–H and O–H groups in total. The molecule has 2 aromatic heterocycles. The molecule has 0 saturated carbocycles. The van der Waals surface area contributed by atoms with Crippen molar-refractivity contribution in [3.05, 3.63) is 70.6 Å². The number of methoxy groups -OCH3 is 1. The minimum Gasteiger partial charge on any atom is -0.465 e. The Balaban J connectivity index is 0.838. The lowest BCUT2D eigenvalue weighted by atomic mass is 9.95. The number of amides is 6. The normalized spacial score (nSPS) is 16.0. The number of nitrogens with zero attached hydrogens (tertiary/aromatic N) is 5. The van der Waals surface area contributed by atoms with E-state index >= 15 is 0 Å². The van der Waals surface area contributed by atoms with E-state index in [1.807, 2.05) is 13.1 Å². The van der Waals surface area contributed by atoms with Crippen LogP contribution in [0.25, 0.3) is 21.9 Å². The molecule has 0 bridgehead atoms. The highest BCUT2D eigenvalue weighted by Gasteiger charge is 2.39. The van der Waals surface area contributed by atoms with Crippen LogP contribution in [0.5, 0.6) is 5.75 Å². The molecule has 4 aromatic rings. The van der Waals surface area contributed by atoms with Gasteiger partial charge in [0.15, 0.2) is 11.5 Å². The Hall–Kier alpha value is -6.50. The molecule has 23 heteroatoms. The number of fused-ring (bicyclic) bond motifs is 4. The van der Waals surface area contributed by atoms with Crippen LogP contribution in [-0.4, -0.2) is 179 Å². The van der Waals surface area contributed by atoms with E-state index in [1.54, 1.807) is 47.9 Å². The second-order valence-electron chi connectivity index (χ2n) is 17.2. The van der Waals surface area contributed by atoms with Crippen LogP contribution in [0, 0.1) is 6.92 Å². The number of imide groups is 1. The number of anilines is 1. The summed E-state index contributed by atoms with van der Waals surface area (Å²) in [6, 6.07) is 8.63. The van der Waals surface area contributed by atoms with E-state index in [9.17, 15) is 33.6 Å². The van der Waals surface area contributed by atoms with Crippen molar-refractivity contribution in [2.24, 2.45) is 5.10 Å². The van der Waals surface area contributed by atoms with Gasteiger partial charge < -0.3 is 57.8 Å². The molecule has 0 radical (unpaired) electrons. The molecule has 0 aliphatic carbocycles. The zero-order valence-corrected chi connectivity index (χ0v) is 42.3. The lowest BCUT2D eigenvalue weighted by Gasteiger charge is -2.31. The van der Waals surface area contributed by atoms with Gasteiger partial charge >= 0.3 is 12.1 Å². The molecule has 5 heterocycles. The molecule has 3 aliphatic heterocycles. The summed E-state index contributed by atoms with van der Waals surface area (Å²) >= 11 is 3.63. The van der Waals surface area contributed by atoms with Crippen molar-refractivity contribution in [1.82, 2.24) is 30.4 Å². The smallest absolute Gasteiger partial charge is 0.415 e. The highest BCUT2D eigenvalue weighted by Crippen LogP contribution is 2.48. The quantitative estimate of drug-likeness (QED) is 0.0171. The van der Waals surface area contributed by atoms with Crippen molar-refractivity contribution in [2.45, 2.75) is 39.0 Å². The number of rotatable bonds is 24. The fourth-order valence-corrected chi connectivity index (χ4v) is 8.87. The van der Waals surface area contributed by atoms with Crippen molar-refractivity contribution in [3.8, 4) is 5.75 Å². The van der Waals surface area contributed by atoms with Crippen LogP contribution in [0.1, 0.15) is 69.8 Å². The lowest BCUT2D eigenvalue weighted by molar-refractivity contribution is -0.137. The molecule has 386 valence electrons. The molecule has 1 fully saturated rings. The van der Waals surface area contributed by atoms with Crippen LogP contribution in [0.3, 0.4) is 0 Å². The first kappa shape index (κ1) is 53.3. The van der Waals surface area contributed by atoms with Crippen molar-refractivity contribution in [3.63, 3.8) is 0 Å². The summed E-state index contributed by atoms with van der Waals surface area (Å²) in [5.74, 6) is -2.41. The molecule has 0 spiro atoms. The molecule has 6 amide bonds. The Bertz CT molecular complexity index is 2710. The molecule has 0 unspecified atom stereocenters. The molecule has 7 rings (SSSR count). The van der Waals surface area contributed by atoms with Gasteiger partial charge in [-0.15, -0.1) is 0 Å². The molecule has 2 aromatic carbocycles. The molecule has 72 heavy (non-hydrogen) atoms. The minimum absolute atomic E-state index is 0.0330. The summed E-state index contributed by atoms with van der Waals surface area (Å²) in [5, 5.41) is 8.61. The van der Waals surface area contributed by atoms with Crippen molar-refractivity contribution in [2.75, 3.05) is 117 Å². The minimum atomic E-state index is -0.564. The van der Waals surface area contributed by atoms with Gasteiger partial charge in [0, 0.05) is 98.2 Å². The van der Waals surface area contributed by atoms with Crippen molar-refractivity contribution < 1.29 is 66.4 Å². The fourth-order valence-electron chi connectivity index (χ4n) is 8.34. The number of aromatic amines is 1. The van der Waals surface area contributed by atoms with Gasteiger partial charge in [0.25, 0.3) is 17.7 Å². The third-order valence-electron chi connectivity index (χ3n) is 12.3. The number of likely N-dealkylation sites (N-methyl/N-ethyl adjacent to an activating group) is 1. The van der Waals surface area contributed by atoms with Crippen LogP contribution < -0.4 is 20.4 Å². The van der Waals surface area contributed by atoms with E-state index in [-0.39, 0.29) is 75.2 Å². The summed E-state index contributed by atoms with van der Waals surface area (Å²) in [7, 11) is 3.29. The summed E-state index contributed by atoms with van der Waals surface area (Å²) < 4.78 is 39.1. The number of piperazine rings is 1. The first-order chi connectivity index (χ1) is 34.8. The topological polar surface area (TPSA) is 253 Å². The van der Waals surface area contributed by atoms with E-state index in [0.717, 1.165) is 10.5 Å². The van der Waals surface area contributed by atoms with Gasteiger partial charge in [0.1, 0.15) is 12.4 Å². The van der Waals surface area contributed by atoms with Crippen LogP contribution in [0.4, 0.5) is 10.5 Å². The maximum Gasteiger partial charge on any atom is 0.415 e. The molecular weight excluding hydrogens is 1000 g/mol. The van der Waals surface area contributed by atoms with Gasteiger partial charge in [0.05, 0.1) is 75.7 Å². The molecule has 22 nitrogen and oxygen atoms in total. The summed E-state index contributed by atoms with van der Waals surface area (Å²) in [5.41, 5.74) is 6.72. The first-order valence-electron chi connectivity index (χ1n) is 23.6. The average Bonchev–Trinajstić information content (AvgIpc) is 4.15. The zero-order valence-electron chi connectivity index (χ0n) is 40.7. The van der Waals surface area contributed by atoms with E-state index in [4.69, 9.17) is 32.8 Å². The first-order valence-corrected chi connectivity index (χ1v) is 24.7. The predicted octanol–water partition coefficient (Wildman–Crippen LogP) is 3.97. The summed E-state index contributed by atoms with van der Waals surface area (Å²) in [6.45, 7) is 8.33. The van der Waals surface area contributed by atoms with Crippen LogP contribution in [-0.2, 0) is 42.9 Å². The Kier molecular flexibility index (Phi) is 18.7. The number of alkyl halides is 1. The highest BCUT2D eigenvalue weighted by molar-refractivity contribution is 9.09. The highest BCUT2D eigenvalue weighted by atomic mass is 79.9. The third kappa shape index (κ3) is 13.1. The Morgan fingerprint density at radius 3 is 2.32 bits per heavy atom. The average molecular weight is 1060 g/mol. The van der Waals surface area contributed by atoms with Crippen LogP contribution in [0.15, 0.2) is 52.0 Å². The lowest BCUT2D eigenvalue weighted by Crippen LogP contribution is -2.48. The largest absolute Gasteiger partial charge is 0.465 e. The van der Waals surface area contributed by atoms with E-state index < -0.39 is 29.8 Å². The number of aryl methyl sites for hydroxylation is 1. The van der Waals surface area contributed by atoms with Crippen LogP contribution in [0.2, 0.25) is 0 Å². The molecular formula is C49H59BrN8O14. The second-order valence-corrected chi connectivity index (χ2v) is 17.9. The van der Waals surface area contributed by atoms with Crippen molar-refractivity contribution >= 4 is 90.8 Å². The summed E-state index contributed by atoms with van der Waals surface area (Å²) in [4.78, 5) is 98.4. The Morgan fingerprint density at radius 1 is 0.889 bits per heavy atom. The second kappa shape index (κ2) is 25.2. The van der Waals surface area contributed by atoms with E-state index in [1.165, 1.54) is 19.3 Å². The zero-order chi connectivity index (χ0) is 51.3. The Labute approximate surface area is 423 Å². The number of benzene rings is 2. The number of furan rings is 1. The van der Waals surface area contributed by atoms with E-state index in [2.05, 4.69) is 41.7 Å². The SMILES string of the molecule is COC(=O)c1c(C)[nH]c2c(OC(=O)N3CCN(C)CC3)cc3c(c12)[C@H](CBr)CN3C(=O)c1cc2cc(/C(C)=N/NC(=O)CCOCCOCCOCOCCCNC(=O)CCN3C(=O)C=CC3=O)ccc2o1. The third-order valence-corrected chi connectivity index (χ3v) is 13.0. The predicted molar refractivity (Wildman–Crippen MR) is 265 cm³/mol. The number of aromatic nitrogens is 1. The monoisotopic (exact) mass is 1060 g/mol. The van der Waals surface area contributed by atoms with Gasteiger partial charge in [-0.3, -0.25) is 28.9 Å². The van der Waals surface area contributed by atoms with E-state index in [0.29, 0.717) is 121 Å². The number of carbonyl (C=O) groups excluding carboxylic acids is 7. The fraction of sp³-hybridized carbons (Fsp3) is 0.469. The van der Waals surface area contributed by atoms with Gasteiger partial charge in [0.2, 0.25) is 11.8 Å². The molecule has 1 saturated heterocycles. The van der Waals surface area contributed by atoms with Crippen LogP contribution >= 0.6 is 15.9 Å². The molecule has 3 aliphatic rings. The number of hydrogen-bond donors (Lipinski definition) is 3. The summed E-state index contributed by atoms with van der Waals surface area (Å²) in [6.07, 6.45) is 2.49. The van der Waals surface area contributed by atoms with Gasteiger partial charge in [-0.2, -0.15) is 5.10 Å². The van der Waals surface area contributed by atoms with Gasteiger partial charge in [-0.1, -0.05) is 15.9 Å². The van der Waals surface area contributed by atoms with Gasteiger partial charge in [-0.25, -0.2) is 15.0 Å². The number of nitrogens with one attached hydrogen (secondary N) is 3. The number of H-pyrrole nitrogens is 1. The number of esters is 1. The maximum atomic E-state index is 14.4. The molecule has 1 atom stereocenters. The standard InChI is InChI=1S/C49H59BrN8O14/c1-30(53-54-40(60)11-19-67-20-21-68-22-23-70-29-69-18-5-12-51-39(59)10-13-57-41(61)8-9-42(57)62)32-6-7-36-33(24-32)25-38(71-36)47(63)58-28-34(27-50)44-35(58)26-37(72-49(65)56-16-14-55(3)15-17-56)46-45(44)43(31(2)52-46)48(64)66-4/h6-9,24-26,34,52H,5,10-23,27-29H2,1-4H3,(H,51,59)(H,54,60)/b53-30+/t34-/m1/s1. The number of hydrazone groups is 1. The number of ether oxygens (including phenoxy) is 6. The number of halogens is 1.